The number of imide groups is 1. The third kappa shape index (κ3) is 4.69. The van der Waals surface area contributed by atoms with Crippen LogP contribution in [0.5, 0.6) is 0 Å². The van der Waals surface area contributed by atoms with Crippen LogP contribution >= 0.6 is 0 Å². The number of carbonyl (C=O) groups excluding carboxylic acids is 4. The van der Waals surface area contributed by atoms with Gasteiger partial charge in [0.1, 0.15) is 7.85 Å². The first-order valence-corrected chi connectivity index (χ1v) is 11.1. The number of hydrogen-bond donors (Lipinski definition) is 2. The van der Waals surface area contributed by atoms with Gasteiger partial charge in [-0.3, -0.25) is 24.5 Å². The maximum Gasteiger partial charge on any atom is 0.416 e. The number of hydrogen-bond acceptors (Lipinski definition) is 4. The van der Waals surface area contributed by atoms with Gasteiger partial charge in [0.15, 0.2) is 0 Å². The summed E-state index contributed by atoms with van der Waals surface area (Å²) in [6.07, 6.45) is -5.24. The maximum atomic E-state index is 14.8. The van der Waals surface area contributed by atoms with Crippen molar-refractivity contribution in [2.45, 2.75) is 50.4 Å². The number of nitrogens with one attached hydrogen (secondary N) is 2. The van der Waals surface area contributed by atoms with Gasteiger partial charge in [0.2, 0.25) is 11.8 Å². The smallest absolute Gasteiger partial charge is 0.346 e. The highest BCUT2D eigenvalue weighted by molar-refractivity contribution is 6.32. The van der Waals surface area contributed by atoms with Crippen LogP contribution in [-0.4, -0.2) is 41.8 Å². The average molecular weight is 519 g/mol. The summed E-state index contributed by atoms with van der Waals surface area (Å²) in [5.74, 6) is -8.31. The predicted octanol–water partition coefficient (Wildman–Crippen LogP) is 2.68. The minimum Gasteiger partial charge on any atom is -0.346 e. The van der Waals surface area contributed by atoms with E-state index in [0.29, 0.717) is 17.7 Å². The Labute approximate surface area is 208 Å². The number of rotatable bonds is 5. The Kier molecular flexibility index (Phi) is 6.37. The highest BCUT2D eigenvalue weighted by Gasteiger charge is 2.49. The summed E-state index contributed by atoms with van der Waals surface area (Å²) < 4.78 is 69.5. The lowest BCUT2D eigenvalue weighted by Crippen LogP contribution is -2.63. The van der Waals surface area contributed by atoms with Gasteiger partial charge in [-0.25, -0.2) is 0 Å². The van der Waals surface area contributed by atoms with Gasteiger partial charge in [0, 0.05) is 30.6 Å². The molecule has 0 saturated carbocycles. The molecule has 2 heterocycles. The molecule has 2 aliphatic rings. The van der Waals surface area contributed by atoms with E-state index in [0.717, 1.165) is 11.0 Å². The molecule has 7 nitrogen and oxygen atoms in total. The number of fused-ring (bicyclic) bond motifs is 1. The normalized spacial score (nSPS) is 20.1. The van der Waals surface area contributed by atoms with Crippen LogP contribution in [0.3, 0.4) is 0 Å². The van der Waals surface area contributed by atoms with Gasteiger partial charge in [-0.05, 0) is 36.6 Å². The molecule has 2 N–H and O–H groups in total. The van der Waals surface area contributed by atoms with Gasteiger partial charge >= 0.3 is 12.1 Å². The Morgan fingerprint density at radius 3 is 2.43 bits per heavy atom. The van der Waals surface area contributed by atoms with Crippen LogP contribution in [0.15, 0.2) is 36.4 Å². The van der Waals surface area contributed by atoms with Crippen molar-refractivity contribution in [2.24, 2.45) is 0 Å². The summed E-state index contributed by atoms with van der Waals surface area (Å²) in [4.78, 5) is 50.0. The summed E-state index contributed by atoms with van der Waals surface area (Å²) in [5, 5.41) is 4.04. The van der Waals surface area contributed by atoms with Crippen LogP contribution in [0, 0.1) is 6.92 Å². The molecular formula is C24H19BF5N3O4. The highest BCUT2D eigenvalue weighted by Crippen LogP contribution is 2.40. The Hall–Kier alpha value is -3.77. The van der Waals surface area contributed by atoms with Crippen LogP contribution in [0.1, 0.15) is 51.0 Å². The molecule has 13 heteroatoms. The number of alkyl halides is 5. The number of aryl methyl sites for hydroxylation is 1. The SMILES string of the molecule is [B]C1(N2Cc3cc(CNC(=O)C(F)(F)c4ccc(C)cc4C(F)(F)F)ccc3C2=O)CCC(=O)NC1=O. The quantitative estimate of drug-likeness (QED) is 0.361. The van der Waals surface area contributed by atoms with E-state index in [1.165, 1.54) is 25.1 Å². The average Bonchev–Trinajstić information content (AvgIpc) is 3.15. The molecule has 4 rings (SSSR count). The summed E-state index contributed by atoms with van der Waals surface area (Å²) in [7, 11) is 6.15. The molecule has 0 spiro atoms. The van der Waals surface area contributed by atoms with Gasteiger partial charge in [-0.2, -0.15) is 22.0 Å². The van der Waals surface area contributed by atoms with Crippen LogP contribution in [-0.2, 0) is 39.6 Å². The van der Waals surface area contributed by atoms with E-state index in [9.17, 15) is 41.1 Å². The van der Waals surface area contributed by atoms with E-state index in [2.05, 4.69) is 5.32 Å². The van der Waals surface area contributed by atoms with E-state index in [4.69, 9.17) is 7.85 Å². The van der Waals surface area contributed by atoms with Crippen LogP contribution in [0.2, 0.25) is 0 Å². The lowest BCUT2D eigenvalue weighted by atomic mass is 9.70. The number of piperidine rings is 1. The maximum absolute atomic E-state index is 14.8. The van der Waals surface area contributed by atoms with E-state index < -0.39 is 58.8 Å². The fourth-order valence-electron chi connectivity index (χ4n) is 4.36. The second-order valence-electron chi connectivity index (χ2n) is 8.99. The van der Waals surface area contributed by atoms with Gasteiger partial charge in [-0.1, -0.05) is 29.8 Å². The fraction of sp³-hybridized carbons (Fsp3) is 0.333. The van der Waals surface area contributed by atoms with Crippen molar-refractivity contribution in [1.82, 2.24) is 15.5 Å². The van der Waals surface area contributed by atoms with E-state index in [-0.39, 0.29) is 36.1 Å². The largest absolute Gasteiger partial charge is 0.416 e. The van der Waals surface area contributed by atoms with E-state index in [1.54, 1.807) is 0 Å². The number of carbonyl (C=O) groups is 4. The monoisotopic (exact) mass is 519 g/mol. The number of benzene rings is 2. The van der Waals surface area contributed by atoms with Crippen molar-refractivity contribution in [3.05, 3.63) is 69.8 Å². The lowest BCUT2D eigenvalue weighted by Gasteiger charge is -2.40. The van der Waals surface area contributed by atoms with Gasteiger partial charge in [0.05, 0.1) is 11.0 Å². The lowest BCUT2D eigenvalue weighted by molar-refractivity contribution is -0.153. The predicted molar refractivity (Wildman–Crippen MR) is 119 cm³/mol. The molecule has 0 aliphatic carbocycles. The Morgan fingerprint density at radius 1 is 1.08 bits per heavy atom. The second-order valence-corrected chi connectivity index (χ2v) is 8.99. The van der Waals surface area contributed by atoms with Crippen molar-refractivity contribution in [3.63, 3.8) is 0 Å². The minimum atomic E-state index is -5.09. The molecule has 37 heavy (non-hydrogen) atoms. The molecule has 1 atom stereocenters. The Morgan fingerprint density at radius 2 is 1.78 bits per heavy atom. The zero-order valence-corrected chi connectivity index (χ0v) is 19.3. The zero-order valence-electron chi connectivity index (χ0n) is 19.3. The number of amides is 4. The Bertz CT molecular complexity index is 1330. The molecule has 0 aromatic heterocycles. The third-order valence-electron chi connectivity index (χ3n) is 6.39. The molecule has 1 unspecified atom stereocenters. The third-order valence-corrected chi connectivity index (χ3v) is 6.39. The molecule has 2 aromatic carbocycles. The standard InChI is InChI=1S/C24H19BF5N3O4/c1-12-2-5-16(17(8-12)24(28,29)30)23(26,27)21(37)31-10-13-3-4-15-14(9-13)11-33(19(15)35)22(25)7-6-18(34)32-20(22)36/h2-5,8-9H,6-7,10-11H2,1H3,(H,31,37)(H,32,34,36). The molecular weight excluding hydrogens is 500 g/mol. The summed E-state index contributed by atoms with van der Waals surface area (Å²) in [5.41, 5.74) is -3.84. The fourth-order valence-corrected chi connectivity index (χ4v) is 4.36. The second kappa shape index (κ2) is 8.96. The summed E-state index contributed by atoms with van der Waals surface area (Å²) in [6, 6.07) is 6.36. The van der Waals surface area contributed by atoms with Crippen LogP contribution < -0.4 is 10.6 Å². The van der Waals surface area contributed by atoms with Crippen molar-refractivity contribution in [1.29, 1.82) is 0 Å². The summed E-state index contributed by atoms with van der Waals surface area (Å²) >= 11 is 0. The minimum absolute atomic E-state index is 0.0646. The number of halogens is 5. The van der Waals surface area contributed by atoms with E-state index in [1.807, 2.05) is 5.32 Å². The first kappa shape index (κ1) is 26.3. The summed E-state index contributed by atoms with van der Waals surface area (Å²) in [6.45, 7) is 0.734. The van der Waals surface area contributed by atoms with Crippen LogP contribution in [0.25, 0.3) is 0 Å². The molecule has 2 aliphatic heterocycles. The first-order valence-electron chi connectivity index (χ1n) is 11.1. The van der Waals surface area contributed by atoms with Crippen molar-refractivity contribution in [3.8, 4) is 0 Å². The zero-order chi connectivity index (χ0) is 27.3. The molecule has 4 amide bonds. The highest BCUT2D eigenvalue weighted by atomic mass is 19.4. The number of nitrogens with zero attached hydrogens (tertiary/aromatic N) is 1. The molecule has 0 bridgehead atoms. The van der Waals surface area contributed by atoms with Gasteiger partial charge < -0.3 is 10.2 Å². The van der Waals surface area contributed by atoms with Gasteiger partial charge in [-0.15, -0.1) is 0 Å². The molecule has 2 aromatic rings. The topological polar surface area (TPSA) is 95.6 Å². The van der Waals surface area contributed by atoms with Crippen LogP contribution in [0.4, 0.5) is 22.0 Å². The van der Waals surface area contributed by atoms with Crippen molar-refractivity contribution >= 4 is 31.5 Å². The molecule has 1 fully saturated rings. The molecule has 1 saturated heterocycles. The Balaban J connectivity index is 1.50. The molecule has 2 radical (unpaired) electrons. The van der Waals surface area contributed by atoms with Gasteiger partial charge in [0.25, 0.3) is 11.8 Å². The first-order chi connectivity index (χ1) is 17.1. The van der Waals surface area contributed by atoms with Crippen molar-refractivity contribution < 1.29 is 41.1 Å². The van der Waals surface area contributed by atoms with E-state index >= 15 is 0 Å². The molecule has 192 valence electrons. The van der Waals surface area contributed by atoms with Crippen molar-refractivity contribution in [2.75, 3.05) is 0 Å².